The van der Waals surface area contributed by atoms with Gasteiger partial charge < -0.3 is 24.3 Å². The summed E-state index contributed by atoms with van der Waals surface area (Å²) in [7, 11) is 1.69. The number of ether oxygens (including phenoxy) is 2. The molecule has 0 saturated carbocycles. The van der Waals surface area contributed by atoms with E-state index in [9.17, 15) is 0 Å². The number of nitrogens with one attached hydrogen (secondary N) is 1. The average molecular weight is 435 g/mol. The molecule has 2 aliphatic rings. The largest absolute Gasteiger partial charge is 0.497 e. The monoisotopic (exact) mass is 434 g/mol. The molecule has 31 heavy (non-hydrogen) atoms. The maximum absolute atomic E-state index is 5.95. The second-order valence-electron chi connectivity index (χ2n) is 7.92. The smallest absolute Gasteiger partial charge is 0.170 e. The Balaban J connectivity index is 1.57. The van der Waals surface area contributed by atoms with Crippen molar-refractivity contribution in [2.24, 2.45) is 0 Å². The van der Waals surface area contributed by atoms with E-state index in [-0.39, 0.29) is 18.2 Å². The Kier molecular flexibility index (Phi) is 5.61. The summed E-state index contributed by atoms with van der Waals surface area (Å²) in [5.74, 6) is 0.828. The second-order valence-corrected chi connectivity index (χ2v) is 8.31. The van der Waals surface area contributed by atoms with Gasteiger partial charge in [0.1, 0.15) is 5.75 Å². The molecule has 3 atom stereocenters. The zero-order valence-electron chi connectivity index (χ0n) is 17.5. The minimum Gasteiger partial charge on any atom is -0.497 e. The Labute approximate surface area is 187 Å². The highest BCUT2D eigenvalue weighted by Gasteiger charge is 2.42. The molecule has 2 aromatic heterocycles. The fraction of sp³-hybridized carbons (Fsp3) is 0.333. The summed E-state index contributed by atoms with van der Waals surface area (Å²) < 4.78 is 13.6. The molecule has 0 unspecified atom stereocenters. The average Bonchev–Trinajstić information content (AvgIpc) is 3.56. The van der Waals surface area contributed by atoms with Crippen LogP contribution in [0.4, 0.5) is 0 Å². The van der Waals surface area contributed by atoms with E-state index in [2.05, 4.69) is 50.2 Å². The maximum atomic E-state index is 5.95. The summed E-state index contributed by atoms with van der Waals surface area (Å²) in [6.07, 6.45) is 6.29. The van der Waals surface area contributed by atoms with Crippen LogP contribution in [0.2, 0.25) is 0 Å². The third-order valence-electron chi connectivity index (χ3n) is 6.04. The minimum atomic E-state index is -0.0469. The lowest BCUT2D eigenvalue weighted by Crippen LogP contribution is -2.36. The van der Waals surface area contributed by atoms with Gasteiger partial charge in [-0.15, -0.1) is 0 Å². The normalized spacial score (nSPS) is 23.2. The number of pyridine rings is 1. The zero-order chi connectivity index (χ0) is 21.2. The number of thiocarbonyl (C=S) groups is 1. The standard InChI is InChI=1S/C24H26N4O2S/c1-29-18-8-4-7-17(15-18)27-13-5-11-21(27)23-22(20-10-2-3-12-25-20)26-24(31)28(23)16-19-9-6-14-30-19/h2-5,7-8,10-13,15,19,22-23H,6,9,14,16H2,1H3,(H,26,31)/t19-,22+,23-/m0/s1. The van der Waals surface area contributed by atoms with E-state index in [1.807, 2.05) is 36.5 Å². The van der Waals surface area contributed by atoms with Crippen LogP contribution >= 0.6 is 12.2 Å². The lowest BCUT2D eigenvalue weighted by Gasteiger charge is -2.30. The van der Waals surface area contributed by atoms with Crippen molar-refractivity contribution in [1.29, 1.82) is 0 Å². The van der Waals surface area contributed by atoms with Crippen LogP contribution in [-0.2, 0) is 4.74 Å². The summed E-state index contributed by atoms with van der Waals surface area (Å²) in [6, 6.07) is 18.3. The van der Waals surface area contributed by atoms with Gasteiger partial charge in [0.05, 0.1) is 31.0 Å². The lowest BCUT2D eigenvalue weighted by molar-refractivity contribution is 0.0836. The SMILES string of the molecule is COc1cccc(-n2cccc2[C@H]2[C@@H](c3ccccn3)NC(=S)N2C[C@@H]2CCCO2)c1. The molecule has 6 nitrogen and oxygen atoms in total. The van der Waals surface area contributed by atoms with Crippen molar-refractivity contribution in [3.8, 4) is 11.4 Å². The molecule has 3 aromatic rings. The highest BCUT2D eigenvalue weighted by Crippen LogP contribution is 2.40. The third kappa shape index (κ3) is 3.91. The van der Waals surface area contributed by atoms with Crippen molar-refractivity contribution in [2.75, 3.05) is 20.3 Å². The first-order chi connectivity index (χ1) is 15.2. The van der Waals surface area contributed by atoms with Gasteiger partial charge in [0, 0.05) is 43.0 Å². The van der Waals surface area contributed by atoms with Crippen LogP contribution in [-0.4, -0.2) is 45.9 Å². The summed E-state index contributed by atoms with van der Waals surface area (Å²) in [4.78, 5) is 6.92. The van der Waals surface area contributed by atoms with Gasteiger partial charge in [-0.1, -0.05) is 12.1 Å². The third-order valence-corrected chi connectivity index (χ3v) is 6.39. The van der Waals surface area contributed by atoms with Crippen LogP contribution in [0.25, 0.3) is 5.69 Å². The highest BCUT2D eigenvalue weighted by atomic mass is 32.1. The molecule has 4 heterocycles. The van der Waals surface area contributed by atoms with Crippen LogP contribution < -0.4 is 10.1 Å². The number of hydrogen-bond acceptors (Lipinski definition) is 4. The van der Waals surface area contributed by atoms with Gasteiger partial charge in [-0.3, -0.25) is 4.98 Å². The zero-order valence-corrected chi connectivity index (χ0v) is 18.3. The molecule has 2 fully saturated rings. The molecule has 2 saturated heterocycles. The lowest BCUT2D eigenvalue weighted by atomic mass is 10.0. The molecule has 5 rings (SSSR count). The predicted molar refractivity (Wildman–Crippen MR) is 123 cm³/mol. The van der Waals surface area contributed by atoms with E-state index in [0.29, 0.717) is 0 Å². The summed E-state index contributed by atoms with van der Waals surface area (Å²) in [5, 5.41) is 4.28. The van der Waals surface area contributed by atoms with Crippen molar-refractivity contribution < 1.29 is 9.47 Å². The Morgan fingerprint density at radius 3 is 2.90 bits per heavy atom. The van der Waals surface area contributed by atoms with Gasteiger partial charge in [-0.05, 0) is 61.5 Å². The molecular weight excluding hydrogens is 408 g/mol. The van der Waals surface area contributed by atoms with Crippen LogP contribution in [0.1, 0.15) is 36.3 Å². The summed E-state index contributed by atoms with van der Waals surface area (Å²) in [5.41, 5.74) is 3.17. The van der Waals surface area contributed by atoms with Crippen LogP contribution in [0.5, 0.6) is 5.75 Å². The van der Waals surface area contributed by atoms with Crippen molar-refractivity contribution in [3.63, 3.8) is 0 Å². The molecule has 160 valence electrons. The Hall–Kier alpha value is -2.90. The quantitative estimate of drug-likeness (QED) is 0.591. The molecule has 1 N–H and O–H groups in total. The molecule has 1 aromatic carbocycles. The van der Waals surface area contributed by atoms with E-state index in [1.54, 1.807) is 7.11 Å². The molecule has 0 aliphatic carbocycles. The first-order valence-electron chi connectivity index (χ1n) is 10.7. The molecule has 0 amide bonds. The molecular formula is C24H26N4O2S. The van der Waals surface area contributed by atoms with E-state index >= 15 is 0 Å². The second kappa shape index (κ2) is 8.69. The van der Waals surface area contributed by atoms with Gasteiger partial charge >= 0.3 is 0 Å². The summed E-state index contributed by atoms with van der Waals surface area (Å²) in [6.45, 7) is 1.59. The molecule has 0 radical (unpaired) electrons. The minimum absolute atomic E-state index is 0.00667. The first kappa shape index (κ1) is 20.0. The Morgan fingerprint density at radius 2 is 2.13 bits per heavy atom. The van der Waals surface area contributed by atoms with Crippen LogP contribution in [0.3, 0.4) is 0 Å². The molecule has 2 aliphatic heterocycles. The Morgan fingerprint density at radius 1 is 1.19 bits per heavy atom. The first-order valence-corrected chi connectivity index (χ1v) is 11.1. The van der Waals surface area contributed by atoms with Gasteiger partial charge in [-0.2, -0.15) is 0 Å². The number of rotatable bonds is 6. The number of benzene rings is 1. The van der Waals surface area contributed by atoms with Gasteiger partial charge in [-0.25, -0.2) is 0 Å². The molecule has 7 heteroatoms. The number of aromatic nitrogens is 2. The molecule has 0 spiro atoms. The van der Waals surface area contributed by atoms with Crippen molar-refractivity contribution in [2.45, 2.75) is 31.0 Å². The van der Waals surface area contributed by atoms with Crippen molar-refractivity contribution >= 4 is 17.3 Å². The number of nitrogens with zero attached hydrogens (tertiary/aromatic N) is 3. The van der Waals surface area contributed by atoms with E-state index in [0.717, 1.165) is 53.9 Å². The predicted octanol–water partition coefficient (Wildman–Crippen LogP) is 4.03. The fourth-order valence-electron chi connectivity index (χ4n) is 4.56. The van der Waals surface area contributed by atoms with Crippen LogP contribution in [0.15, 0.2) is 67.0 Å². The maximum Gasteiger partial charge on any atom is 0.170 e. The Bertz CT molecular complexity index is 1050. The highest BCUT2D eigenvalue weighted by molar-refractivity contribution is 7.80. The van der Waals surface area contributed by atoms with Gasteiger partial charge in [0.2, 0.25) is 0 Å². The number of methoxy groups -OCH3 is 1. The molecule has 0 bridgehead atoms. The van der Waals surface area contributed by atoms with Crippen molar-refractivity contribution in [1.82, 2.24) is 19.8 Å². The number of hydrogen-bond donors (Lipinski definition) is 1. The van der Waals surface area contributed by atoms with E-state index < -0.39 is 0 Å². The topological polar surface area (TPSA) is 51.5 Å². The summed E-state index contributed by atoms with van der Waals surface area (Å²) >= 11 is 5.80. The van der Waals surface area contributed by atoms with Crippen molar-refractivity contribution in [3.05, 3.63) is 78.4 Å². The van der Waals surface area contributed by atoms with Gasteiger partial charge in [0.25, 0.3) is 0 Å². The van der Waals surface area contributed by atoms with Gasteiger partial charge in [0.15, 0.2) is 5.11 Å². The fourth-order valence-corrected chi connectivity index (χ4v) is 4.88. The van der Waals surface area contributed by atoms with E-state index in [1.165, 1.54) is 0 Å². The van der Waals surface area contributed by atoms with Crippen LogP contribution in [0, 0.1) is 0 Å². The van der Waals surface area contributed by atoms with E-state index in [4.69, 9.17) is 21.7 Å².